The van der Waals surface area contributed by atoms with Crippen LogP contribution in [0.4, 0.5) is 5.69 Å². The van der Waals surface area contributed by atoms with Crippen molar-refractivity contribution in [3.05, 3.63) is 63.6 Å². The Balaban J connectivity index is 1.88. The molecule has 25 heavy (non-hydrogen) atoms. The first kappa shape index (κ1) is 17.8. The van der Waals surface area contributed by atoms with Gasteiger partial charge in [0.2, 0.25) is 0 Å². The molecule has 2 aromatic carbocycles. The molecule has 0 fully saturated rings. The molecule has 0 unspecified atom stereocenters. The van der Waals surface area contributed by atoms with Crippen LogP contribution in [0.3, 0.4) is 0 Å². The molecule has 5 heteroatoms. The van der Waals surface area contributed by atoms with Gasteiger partial charge >= 0.3 is 0 Å². The summed E-state index contributed by atoms with van der Waals surface area (Å²) < 4.78 is 0.739. The summed E-state index contributed by atoms with van der Waals surface area (Å²) >= 11 is 3.34. The SMILES string of the molecule is CC(C)(C)c1ccc(C(=O)C[C@@]2(O)C(=O)Nc3ccc(Br)cc32)cc1. The van der Waals surface area contributed by atoms with Gasteiger partial charge in [-0.25, -0.2) is 0 Å². The van der Waals surface area contributed by atoms with Crippen molar-refractivity contribution in [2.45, 2.75) is 38.2 Å². The molecule has 1 heterocycles. The number of carbonyl (C=O) groups is 2. The molecule has 1 atom stereocenters. The summed E-state index contributed by atoms with van der Waals surface area (Å²) in [4.78, 5) is 24.9. The minimum atomic E-state index is -1.85. The van der Waals surface area contributed by atoms with Gasteiger partial charge in [-0.3, -0.25) is 9.59 Å². The van der Waals surface area contributed by atoms with E-state index >= 15 is 0 Å². The first-order valence-electron chi connectivity index (χ1n) is 8.09. The van der Waals surface area contributed by atoms with Crippen LogP contribution in [0.5, 0.6) is 0 Å². The van der Waals surface area contributed by atoms with E-state index in [-0.39, 0.29) is 17.6 Å². The Kier molecular flexibility index (Phi) is 4.33. The van der Waals surface area contributed by atoms with Crippen molar-refractivity contribution in [1.29, 1.82) is 0 Å². The lowest BCUT2D eigenvalue weighted by Crippen LogP contribution is -2.36. The van der Waals surface area contributed by atoms with Crippen molar-refractivity contribution >= 4 is 33.3 Å². The molecule has 0 bridgehead atoms. The van der Waals surface area contributed by atoms with Crippen molar-refractivity contribution < 1.29 is 14.7 Å². The molecule has 0 radical (unpaired) electrons. The molecule has 0 saturated carbocycles. The van der Waals surface area contributed by atoms with Crippen LogP contribution >= 0.6 is 15.9 Å². The molecule has 1 aliphatic heterocycles. The maximum atomic E-state index is 12.7. The Labute approximate surface area is 155 Å². The Morgan fingerprint density at radius 1 is 1.16 bits per heavy atom. The zero-order valence-electron chi connectivity index (χ0n) is 14.4. The largest absolute Gasteiger partial charge is 0.375 e. The number of halogens is 1. The van der Waals surface area contributed by atoms with Gasteiger partial charge in [0.1, 0.15) is 0 Å². The molecule has 1 amide bonds. The Morgan fingerprint density at radius 3 is 2.40 bits per heavy atom. The zero-order valence-corrected chi connectivity index (χ0v) is 16.0. The summed E-state index contributed by atoms with van der Waals surface area (Å²) in [5, 5.41) is 13.5. The fourth-order valence-corrected chi connectivity index (χ4v) is 3.34. The third kappa shape index (κ3) is 3.26. The first-order chi connectivity index (χ1) is 11.6. The predicted molar refractivity (Wildman–Crippen MR) is 101 cm³/mol. The number of anilines is 1. The number of nitrogens with one attached hydrogen (secondary N) is 1. The van der Waals surface area contributed by atoms with Gasteiger partial charge in [-0.2, -0.15) is 0 Å². The van der Waals surface area contributed by atoms with Crippen LogP contribution in [0.1, 0.15) is 48.7 Å². The molecule has 1 aliphatic rings. The second-order valence-electron chi connectivity index (χ2n) is 7.43. The summed E-state index contributed by atoms with van der Waals surface area (Å²) in [6.45, 7) is 6.30. The molecular weight excluding hydrogens is 382 g/mol. The van der Waals surface area contributed by atoms with Gasteiger partial charge in [-0.1, -0.05) is 61.0 Å². The highest BCUT2D eigenvalue weighted by Gasteiger charge is 2.46. The van der Waals surface area contributed by atoms with Gasteiger partial charge in [-0.15, -0.1) is 0 Å². The molecule has 4 nitrogen and oxygen atoms in total. The minimum absolute atomic E-state index is 0.00364. The van der Waals surface area contributed by atoms with E-state index in [1.165, 1.54) is 0 Å². The second-order valence-corrected chi connectivity index (χ2v) is 8.35. The summed E-state index contributed by atoms with van der Waals surface area (Å²) in [7, 11) is 0. The molecule has 130 valence electrons. The summed E-state index contributed by atoms with van der Waals surface area (Å²) in [5.74, 6) is -0.841. The van der Waals surface area contributed by atoms with Gasteiger partial charge in [-0.05, 0) is 29.2 Å². The van der Waals surface area contributed by atoms with Crippen LogP contribution in [0, 0.1) is 0 Å². The Bertz CT molecular complexity index is 852. The monoisotopic (exact) mass is 401 g/mol. The molecule has 0 aromatic heterocycles. The standard InChI is InChI=1S/C20H20BrNO3/c1-19(2,3)13-6-4-12(5-7-13)17(23)11-20(25)15-10-14(21)8-9-16(15)22-18(20)24/h4-10,25H,11H2,1-3H3,(H,22,24)/t20-/m0/s1. The topological polar surface area (TPSA) is 66.4 Å². The van der Waals surface area contributed by atoms with E-state index in [1.807, 2.05) is 12.1 Å². The summed E-state index contributed by atoms with van der Waals surface area (Å²) in [5.41, 5.74) is 0.710. The lowest BCUT2D eigenvalue weighted by molar-refractivity contribution is -0.133. The second kappa shape index (κ2) is 6.07. The number of hydrogen-bond donors (Lipinski definition) is 2. The zero-order chi connectivity index (χ0) is 18.4. The van der Waals surface area contributed by atoms with E-state index in [4.69, 9.17) is 0 Å². The third-order valence-corrected chi connectivity index (χ3v) is 5.03. The van der Waals surface area contributed by atoms with Gasteiger partial charge < -0.3 is 10.4 Å². The summed E-state index contributed by atoms with van der Waals surface area (Å²) in [6, 6.07) is 12.5. The van der Waals surface area contributed by atoms with Crippen molar-refractivity contribution in [3.8, 4) is 0 Å². The van der Waals surface area contributed by atoms with E-state index in [0.717, 1.165) is 10.0 Å². The number of amides is 1. The van der Waals surface area contributed by atoms with Crippen LogP contribution in [-0.2, 0) is 15.8 Å². The number of Topliss-reactive ketones (excluding diaryl/α,β-unsaturated/α-hetero) is 1. The number of rotatable bonds is 3. The number of hydrogen-bond acceptors (Lipinski definition) is 3. The van der Waals surface area contributed by atoms with Gasteiger partial charge in [0.15, 0.2) is 11.4 Å². The number of fused-ring (bicyclic) bond motifs is 1. The maximum Gasteiger partial charge on any atom is 0.261 e. The van der Waals surface area contributed by atoms with Gasteiger partial charge in [0.25, 0.3) is 5.91 Å². The van der Waals surface area contributed by atoms with E-state index in [0.29, 0.717) is 16.8 Å². The number of benzene rings is 2. The molecule has 0 aliphatic carbocycles. The Hall–Kier alpha value is -1.98. The third-order valence-electron chi connectivity index (χ3n) is 4.54. The average molecular weight is 402 g/mol. The van der Waals surface area contributed by atoms with Crippen molar-refractivity contribution in [1.82, 2.24) is 0 Å². The van der Waals surface area contributed by atoms with Crippen LogP contribution < -0.4 is 5.32 Å². The number of ketones is 1. The average Bonchev–Trinajstić information content (AvgIpc) is 2.78. The highest BCUT2D eigenvalue weighted by atomic mass is 79.9. The normalized spacial score (nSPS) is 19.5. The fraction of sp³-hybridized carbons (Fsp3) is 0.300. The quantitative estimate of drug-likeness (QED) is 0.758. The van der Waals surface area contributed by atoms with E-state index in [9.17, 15) is 14.7 Å². The van der Waals surface area contributed by atoms with Crippen LogP contribution in [0.25, 0.3) is 0 Å². The van der Waals surface area contributed by atoms with Crippen LogP contribution in [0.15, 0.2) is 46.9 Å². The van der Waals surface area contributed by atoms with E-state index in [2.05, 4.69) is 42.0 Å². The summed E-state index contributed by atoms with van der Waals surface area (Å²) in [6.07, 6.45) is -0.294. The van der Waals surface area contributed by atoms with Gasteiger partial charge in [0.05, 0.1) is 6.42 Å². The molecule has 2 N–H and O–H groups in total. The number of aliphatic hydroxyl groups is 1. The highest BCUT2D eigenvalue weighted by molar-refractivity contribution is 9.10. The number of carbonyl (C=O) groups excluding carboxylic acids is 2. The molecule has 0 saturated heterocycles. The molecule has 0 spiro atoms. The molecular formula is C20H20BrNO3. The minimum Gasteiger partial charge on any atom is -0.375 e. The fourth-order valence-electron chi connectivity index (χ4n) is 2.98. The first-order valence-corrected chi connectivity index (χ1v) is 8.88. The maximum absolute atomic E-state index is 12.7. The van der Waals surface area contributed by atoms with Crippen LogP contribution in [0.2, 0.25) is 0 Å². The predicted octanol–water partition coefficient (Wildman–Crippen LogP) is 4.16. The highest BCUT2D eigenvalue weighted by Crippen LogP contribution is 2.40. The van der Waals surface area contributed by atoms with Crippen molar-refractivity contribution in [2.24, 2.45) is 0 Å². The van der Waals surface area contributed by atoms with E-state index in [1.54, 1.807) is 30.3 Å². The van der Waals surface area contributed by atoms with Gasteiger partial charge in [0, 0.05) is 21.3 Å². The molecule has 3 rings (SSSR count). The lowest BCUT2D eigenvalue weighted by atomic mass is 9.85. The lowest BCUT2D eigenvalue weighted by Gasteiger charge is -2.21. The Morgan fingerprint density at radius 2 is 1.80 bits per heavy atom. The molecule has 2 aromatic rings. The van der Waals surface area contributed by atoms with Crippen LogP contribution in [-0.4, -0.2) is 16.8 Å². The van der Waals surface area contributed by atoms with Crippen molar-refractivity contribution in [3.63, 3.8) is 0 Å². The smallest absolute Gasteiger partial charge is 0.261 e. The van der Waals surface area contributed by atoms with Crippen molar-refractivity contribution in [2.75, 3.05) is 5.32 Å². The van der Waals surface area contributed by atoms with E-state index < -0.39 is 11.5 Å².